The van der Waals surface area contributed by atoms with Crippen LogP contribution in [0.1, 0.15) is 64.6 Å². The average Bonchev–Trinajstić information content (AvgIpc) is 3.34. The second-order valence-electron chi connectivity index (χ2n) is 10.6. The Labute approximate surface area is 218 Å². The zero-order chi connectivity index (χ0) is 26.9. The molecule has 0 bridgehead atoms. The van der Waals surface area contributed by atoms with Crippen LogP contribution in [-0.2, 0) is 16.5 Å². The van der Waals surface area contributed by atoms with Gasteiger partial charge in [-0.05, 0) is 66.0 Å². The largest absolute Gasteiger partial charge is 0.472 e. The number of carbonyl (C=O) groups excluding carboxylic acids is 1. The molecule has 3 aromatic rings. The lowest BCUT2D eigenvalue weighted by Crippen LogP contribution is -2.39. The molecule has 1 saturated heterocycles. The number of rotatable bonds is 7. The molecule has 0 N–H and O–H groups in total. The SMILES string of the molecule is C=Cc1nn(C2CCCCO2)c2cnc(-c3c(C)nn(C)c3O[C@@H](C)CN(C)C(=O)OC(C)(C)C)cc12. The molecular weight excluding hydrogens is 472 g/mol. The van der Waals surface area contributed by atoms with Crippen LogP contribution in [0.5, 0.6) is 5.88 Å². The minimum absolute atomic E-state index is 0.0977. The van der Waals surface area contributed by atoms with Gasteiger partial charge in [0.05, 0.1) is 40.9 Å². The molecule has 0 aliphatic carbocycles. The van der Waals surface area contributed by atoms with E-state index in [4.69, 9.17) is 24.3 Å². The molecule has 1 aliphatic rings. The van der Waals surface area contributed by atoms with Crippen LogP contribution in [-0.4, -0.2) is 67.4 Å². The van der Waals surface area contributed by atoms with Gasteiger partial charge < -0.3 is 19.1 Å². The molecule has 37 heavy (non-hydrogen) atoms. The Kier molecular flexibility index (Phi) is 7.59. The Hall–Kier alpha value is -3.40. The zero-order valence-electron chi connectivity index (χ0n) is 22.9. The minimum Gasteiger partial charge on any atom is -0.472 e. The molecule has 10 heteroatoms. The van der Waals surface area contributed by atoms with Crippen molar-refractivity contribution in [1.29, 1.82) is 0 Å². The van der Waals surface area contributed by atoms with E-state index >= 15 is 0 Å². The monoisotopic (exact) mass is 510 g/mol. The van der Waals surface area contributed by atoms with Gasteiger partial charge in [-0.15, -0.1) is 0 Å². The standard InChI is InChI=1S/C27H38N6O4/c1-9-20-19-14-21(28-15-22(19)33(30-20)23-12-10-11-13-35-23)24-18(3)29-32(8)25(24)36-17(2)16-31(7)26(34)37-27(4,5)6/h9,14-15,17,23H,1,10-13,16H2,2-8H3/t17-,23?/m0/s1. The van der Waals surface area contributed by atoms with Crippen molar-refractivity contribution >= 4 is 23.1 Å². The molecule has 0 aromatic carbocycles. The van der Waals surface area contributed by atoms with Gasteiger partial charge in [-0.25, -0.2) is 14.2 Å². The maximum atomic E-state index is 12.4. The first-order valence-electron chi connectivity index (χ1n) is 12.8. The van der Waals surface area contributed by atoms with Crippen molar-refractivity contribution < 1.29 is 19.0 Å². The Bertz CT molecular complexity index is 1280. The highest BCUT2D eigenvalue weighted by Gasteiger charge is 2.26. The zero-order valence-corrected chi connectivity index (χ0v) is 22.9. The lowest BCUT2D eigenvalue weighted by atomic mass is 10.1. The maximum Gasteiger partial charge on any atom is 0.410 e. The van der Waals surface area contributed by atoms with Gasteiger partial charge in [-0.1, -0.05) is 6.58 Å². The normalized spacial score (nSPS) is 17.0. The fraction of sp³-hybridized carbons (Fsp3) is 0.556. The van der Waals surface area contributed by atoms with Crippen molar-refractivity contribution in [3.05, 3.63) is 30.2 Å². The second kappa shape index (κ2) is 10.5. The van der Waals surface area contributed by atoms with Gasteiger partial charge in [0.1, 0.15) is 11.7 Å². The molecule has 3 aromatic heterocycles. The van der Waals surface area contributed by atoms with Gasteiger partial charge in [0.2, 0.25) is 5.88 Å². The predicted molar refractivity (Wildman–Crippen MR) is 142 cm³/mol. The molecule has 0 radical (unpaired) electrons. The number of nitrogens with zero attached hydrogens (tertiary/aromatic N) is 6. The highest BCUT2D eigenvalue weighted by molar-refractivity contribution is 5.90. The van der Waals surface area contributed by atoms with Crippen LogP contribution >= 0.6 is 0 Å². The summed E-state index contributed by atoms with van der Waals surface area (Å²) in [6.07, 6.45) is 5.88. The van der Waals surface area contributed by atoms with Gasteiger partial charge in [-0.2, -0.15) is 10.2 Å². The number of ether oxygens (including phenoxy) is 3. The van der Waals surface area contributed by atoms with Crippen LogP contribution in [0.3, 0.4) is 0 Å². The predicted octanol–water partition coefficient (Wildman–Crippen LogP) is 5.12. The van der Waals surface area contributed by atoms with E-state index in [0.29, 0.717) is 12.4 Å². The first-order valence-corrected chi connectivity index (χ1v) is 12.8. The Morgan fingerprint density at radius 2 is 2.11 bits per heavy atom. The molecule has 0 saturated carbocycles. The molecule has 4 heterocycles. The Morgan fingerprint density at radius 1 is 1.35 bits per heavy atom. The topological polar surface area (TPSA) is 96.5 Å². The summed E-state index contributed by atoms with van der Waals surface area (Å²) in [5, 5.41) is 10.3. The van der Waals surface area contributed by atoms with Crippen LogP contribution in [0.4, 0.5) is 4.79 Å². The van der Waals surface area contributed by atoms with E-state index in [1.54, 1.807) is 17.8 Å². The average molecular weight is 511 g/mol. The summed E-state index contributed by atoms with van der Waals surface area (Å²) < 4.78 is 21.4. The summed E-state index contributed by atoms with van der Waals surface area (Å²) in [4.78, 5) is 18.7. The van der Waals surface area contributed by atoms with E-state index in [1.807, 2.05) is 58.6 Å². The van der Waals surface area contributed by atoms with Crippen molar-refractivity contribution in [1.82, 2.24) is 29.4 Å². The number of carbonyl (C=O) groups is 1. The first-order chi connectivity index (χ1) is 17.5. The molecule has 4 rings (SSSR count). The third-order valence-electron chi connectivity index (χ3n) is 6.22. The molecule has 0 spiro atoms. The Balaban J connectivity index is 1.62. The second-order valence-corrected chi connectivity index (χ2v) is 10.6. The molecule has 2 atom stereocenters. The number of aryl methyl sites for hydroxylation is 2. The van der Waals surface area contributed by atoms with Crippen molar-refractivity contribution in [2.75, 3.05) is 20.2 Å². The van der Waals surface area contributed by atoms with Gasteiger partial charge in [-0.3, -0.25) is 4.98 Å². The van der Waals surface area contributed by atoms with E-state index in [9.17, 15) is 4.79 Å². The summed E-state index contributed by atoms with van der Waals surface area (Å²) in [5.41, 5.74) is 3.44. The van der Waals surface area contributed by atoms with Crippen molar-refractivity contribution in [2.45, 2.75) is 71.8 Å². The lowest BCUT2D eigenvalue weighted by Gasteiger charge is -2.26. The van der Waals surface area contributed by atoms with Crippen LogP contribution in [0.25, 0.3) is 28.2 Å². The molecular formula is C27H38N6O4. The highest BCUT2D eigenvalue weighted by atomic mass is 16.6. The quantitative estimate of drug-likeness (QED) is 0.435. The van der Waals surface area contributed by atoms with Gasteiger partial charge in [0.25, 0.3) is 0 Å². The van der Waals surface area contributed by atoms with E-state index in [0.717, 1.165) is 59.4 Å². The molecule has 1 fully saturated rings. The lowest BCUT2D eigenvalue weighted by molar-refractivity contribution is -0.0367. The first kappa shape index (κ1) is 26.7. The maximum absolute atomic E-state index is 12.4. The van der Waals surface area contributed by atoms with Gasteiger partial charge >= 0.3 is 6.09 Å². The van der Waals surface area contributed by atoms with Crippen molar-refractivity contribution in [2.24, 2.45) is 7.05 Å². The number of hydrogen-bond acceptors (Lipinski definition) is 7. The summed E-state index contributed by atoms with van der Waals surface area (Å²) >= 11 is 0. The van der Waals surface area contributed by atoms with E-state index < -0.39 is 11.7 Å². The number of aromatic nitrogens is 5. The number of fused-ring (bicyclic) bond motifs is 1. The molecule has 10 nitrogen and oxygen atoms in total. The summed E-state index contributed by atoms with van der Waals surface area (Å²) in [5.74, 6) is 0.581. The molecule has 1 amide bonds. The van der Waals surface area contributed by atoms with Crippen LogP contribution in [0.2, 0.25) is 0 Å². The van der Waals surface area contributed by atoms with Crippen molar-refractivity contribution in [3.63, 3.8) is 0 Å². The summed E-state index contributed by atoms with van der Waals surface area (Å²) in [7, 11) is 3.53. The van der Waals surface area contributed by atoms with Crippen LogP contribution < -0.4 is 4.74 Å². The number of likely N-dealkylation sites (N-methyl/N-ethyl adjacent to an activating group) is 1. The van der Waals surface area contributed by atoms with E-state index in [1.165, 1.54) is 4.90 Å². The van der Waals surface area contributed by atoms with Crippen molar-refractivity contribution in [3.8, 4) is 17.1 Å². The van der Waals surface area contributed by atoms with E-state index in [2.05, 4.69) is 11.7 Å². The summed E-state index contributed by atoms with van der Waals surface area (Å²) in [6.45, 7) is 14.4. The minimum atomic E-state index is -0.562. The van der Waals surface area contributed by atoms with Gasteiger partial charge in [0, 0.05) is 26.1 Å². The molecule has 200 valence electrons. The van der Waals surface area contributed by atoms with E-state index in [-0.39, 0.29) is 12.3 Å². The van der Waals surface area contributed by atoms with Crippen LogP contribution in [0, 0.1) is 6.92 Å². The summed E-state index contributed by atoms with van der Waals surface area (Å²) in [6, 6.07) is 2.01. The molecule has 1 aliphatic heterocycles. The third kappa shape index (κ3) is 5.79. The third-order valence-corrected chi connectivity index (χ3v) is 6.22. The highest BCUT2D eigenvalue weighted by Crippen LogP contribution is 2.36. The molecule has 1 unspecified atom stereocenters. The number of amides is 1. The fourth-order valence-electron chi connectivity index (χ4n) is 4.58. The smallest absolute Gasteiger partial charge is 0.410 e. The Morgan fingerprint density at radius 3 is 2.76 bits per heavy atom. The number of pyridine rings is 1. The van der Waals surface area contributed by atoms with Crippen LogP contribution in [0.15, 0.2) is 18.8 Å². The number of hydrogen-bond donors (Lipinski definition) is 0. The van der Waals surface area contributed by atoms with Gasteiger partial charge in [0.15, 0.2) is 6.23 Å². The fourth-order valence-corrected chi connectivity index (χ4v) is 4.58.